The first-order valence-electron chi connectivity index (χ1n) is 6.54. The predicted molar refractivity (Wildman–Crippen MR) is 79.8 cm³/mol. The number of rotatable bonds is 4. The Morgan fingerprint density at radius 3 is 2.71 bits per heavy atom. The molecule has 0 radical (unpaired) electrons. The third-order valence-electron chi connectivity index (χ3n) is 3.20. The van der Waals surface area contributed by atoms with Gasteiger partial charge in [-0.05, 0) is 30.7 Å². The molecule has 0 amide bonds. The highest BCUT2D eigenvalue weighted by Crippen LogP contribution is 2.26. The maximum Gasteiger partial charge on any atom is 0.335 e. The fourth-order valence-corrected chi connectivity index (χ4v) is 2.03. The smallest absolute Gasteiger partial charge is 0.335 e. The molecule has 0 saturated heterocycles. The van der Waals surface area contributed by atoms with Gasteiger partial charge in [0.2, 0.25) is 0 Å². The number of hydrogen-bond acceptors (Lipinski definition) is 4. The lowest BCUT2D eigenvalue weighted by Crippen LogP contribution is -2.14. The Bertz CT molecular complexity index is 720. The number of anilines is 2. The summed E-state index contributed by atoms with van der Waals surface area (Å²) < 4.78 is 0. The van der Waals surface area contributed by atoms with Crippen LogP contribution in [-0.4, -0.2) is 23.1 Å². The zero-order valence-corrected chi connectivity index (χ0v) is 11.9. The molecule has 0 spiro atoms. The summed E-state index contributed by atoms with van der Waals surface area (Å²) in [7, 11) is 1.77. The van der Waals surface area contributed by atoms with Crippen LogP contribution in [0.3, 0.4) is 0 Å². The summed E-state index contributed by atoms with van der Waals surface area (Å²) in [5.41, 5.74) is 2.10. The summed E-state index contributed by atoms with van der Waals surface area (Å²) >= 11 is 0. The summed E-state index contributed by atoms with van der Waals surface area (Å²) in [6.07, 6.45) is 0.641. The van der Waals surface area contributed by atoms with Gasteiger partial charge in [-0.15, -0.1) is 0 Å². The van der Waals surface area contributed by atoms with Crippen molar-refractivity contribution in [1.29, 1.82) is 5.26 Å². The lowest BCUT2D eigenvalue weighted by atomic mass is 10.1. The second-order valence-corrected chi connectivity index (χ2v) is 4.55. The van der Waals surface area contributed by atoms with Crippen LogP contribution in [0.2, 0.25) is 0 Å². The number of nitriles is 1. The average molecular weight is 281 g/mol. The van der Waals surface area contributed by atoms with Crippen LogP contribution in [-0.2, 0) is 6.42 Å². The van der Waals surface area contributed by atoms with Crippen molar-refractivity contribution >= 4 is 17.5 Å². The number of pyridine rings is 1. The molecule has 5 heteroatoms. The normalized spacial score (nSPS) is 9.95. The molecule has 0 saturated carbocycles. The number of carboxylic acids is 1. The molecule has 0 bridgehead atoms. The molecule has 1 aromatic heterocycles. The lowest BCUT2D eigenvalue weighted by molar-refractivity contribution is 0.0696. The van der Waals surface area contributed by atoms with Crippen LogP contribution in [0.4, 0.5) is 11.5 Å². The number of carbonyl (C=O) groups is 1. The van der Waals surface area contributed by atoms with Crippen LogP contribution in [0, 0.1) is 11.3 Å². The Kier molecular flexibility index (Phi) is 4.19. The zero-order valence-electron chi connectivity index (χ0n) is 11.9. The Hall–Kier alpha value is -2.87. The highest BCUT2D eigenvalue weighted by molar-refractivity contribution is 5.89. The monoisotopic (exact) mass is 281 g/mol. The van der Waals surface area contributed by atoms with E-state index < -0.39 is 5.97 Å². The molecule has 0 aliphatic carbocycles. The van der Waals surface area contributed by atoms with Gasteiger partial charge in [-0.1, -0.05) is 19.1 Å². The molecule has 0 atom stereocenters. The van der Waals surface area contributed by atoms with Gasteiger partial charge < -0.3 is 10.0 Å². The molecule has 1 aromatic carbocycles. The third-order valence-corrected chi connectivity index (χ3v) is 3.20. The van der Waals surface area contributed by atoms with Crippen molar-refractivity contribution in [2.75, 3.05) is 11.9 Å². The predicted octanol–water partition coefficient (Wildman–Crippen LogP) is 2.98. The van der Waals surface area contributed by atoms with E-state index in [1.165, 1.54) is 6.07 Å². The van der Waals surface area contributed by atoms with Gasteiger partial charge in [-0.2, -0.15) is 5.26 Å². The molecule has 21 heavy (non-hydrogen) atoms. The molecule has 2 rings (SSSR count). The summed E-state index contributed by atoms with van der Waals surface area (Å²) in [6, 6.07) is 12.3. The fraction of sp³-hybridized carbons (Fsp3) is 0.188. The number of para-hydroxylation sites is 1. The number of aromatic carboxylic acids is 1. The van der Waals surface area contributed by atoms with E-state index in [0.717, 1.165) is 0 Å². The standard InChI is InChI=1S/C16H15N3O2/c1-3-13-8-12(16(20)21)9-15(18-13)19(2)14-7-5-4-6-11(14)10-17/h4-9H,3H2,1-2H3,(H,20,21). The first-order valence-corrected chi connectivity index (χ1v) is 6.54. The van der Waals surface area contributed by atoms with E-state index in [1.807, 2.05) is 13.0 Å². The van der Waals surface area contributed by atoms with E-state index in [4.69, 9.17) is 5.26 Å². The Morgan fingerprint density at radius 1 is 1.38 bits per heavy atom. The number of carboxylic acid groups (broad SMARTS) is 1. The van der Waals surface area contributed by atoms with E-state index in [0.29, 0.717) is 29.2 Å². The van der Waals surface area contributed by atoms with Gasteiger partial charge >= 0.3 is 5.97 Å². The molecule has 0 aliphatic rings. The molecule has 5 nitrogen and oxygen atoms in total. The van der Waals surface area contributed by atoms with Gasteiger partial charge in [0.25, 0.3) is 0 Å². The maximum absolute atomic E-state index is 11.2. The minimum atomic E-state index is -0.990. The number of aryl methyl sites for hydroxylation is 1. The summed E-state index contributed by atoms with van der Waals surface area (Å²) in [5, 5.41) is 18.4. The molecular formula is C16H15N3O2. The van der Waals surface area contributed by atoms with Gasteiger partial charge in [0, 0.05) is 12.7 Å². The van der Waals surface area contributed by atoms with Crippen LogP contribution < -0.4 is 4.90 Å². The highest BCUT2D eigenvalue weighted by atomic mass is 16.4. The van der Waals surface area contributed by atoms with Crippen molar-refractivity contribution in [3.63, 3.8) is 0 Å². The van der Waals surface area contributed by atoms with E-state index >= 15 is 0 Å². The summed E-state index contributed by atoms with van der Waals surface area (Å²) in [6.45, 7) is 1.92. The van der Waals surface area contributed by atoms with Crippen LogP contribution in [0.15, 0.2) is 36.4 Å². The van der Waals surface area contributed by atoms with Crippen molar-refractivity contribution in [3.8, 4) is 6.07 Å². The van der Waals surface area contributed by atoms with Crippen molar-refractivity contribution in [1.82, 2.24) is 4.98 Å². The van der Waals surface area contributed by atoms with Crippen LogP contribution in [0.1, 0.15) is 28.5 Å². The van der Waals surface area contributed by atoms with E-state index in [2.05, 4.69) is 11.1 Å². The minimum Gasteiger partial charge on any atom is -0.478 e. The number of nitrogens with zero attached hydrogens (tertiary/aromatic N) is 3. The molecule has 2 aromatic rings. The molecule has 1 heterocycles. The highest BCUT2D eigenvalue weighted by Gasteiger charge is 2.14. The topological polar surface area (TPSA) is 77.2 Å². The van der Waals surface area contributed by atoms with Crippen molar-refractivity contribution in [3.05, 3.63) is 53.2 Å². The molecule has 0 unspecified atom stereocenters. The summed E-state index contributed by atoms with van der Waals surface area (Å²) in [4.78, 5) is 17.4. The lowest BCUT2D eigenvalue weighted by Gasteiger charge is -2.20. The molecule has 0 fully saturated rings. The second-order valence-electron chi connectivity index (χ2n) is 4.55. The number of benzene rings is 1. The van der Waals surface area contributed by atoms with E-state index in [-0.39, 0.29) is 5.56 Å². The zero-order chi connectivity index (χ0) is 15.4. The SMILES string of the molecule is CCc1cc(C(=O)O)cc(N(C)c2ccccc2C#N)n1. The van der Waals surface area contributed by atoms with Gasteiger partial charge in [-0.3, -0.25) is 0 Å². The largest absolute Gasteiger partial charge is 0.478 e. The summed E-state index contributed by atoms with van der Waals surface area (Å²) in [5.74, 6) is -0.482. The Labute approximate surface area is 123 Å². The van der Waals surface area contributed by atoms with Gasteiger partial charge in [0.05, 0.1) is 16.8 Å². The Morgan fingerprint density at radius 2 is 2.10 bits per heavy atom. The molecule has 0 aliphatic heterocycles. The first kappa shape index (κ1) is 14.5. The Balaban J connectivity index is 2.53. The molecule has 1 N–H and O–H groups in total. The van der Waals surface area contributed by atoms with E-state index in [1.54, 1.807) is 36.2 Å². The van der Waals surface area contributed by atoms with Crippen LogP contribution >= 0.6 is 0 Å². The van der Waals surface area contributed by atoms with Gasteiger partial charge in [-0.25, -0.2) is 9.78 Å². The molecular weight excluding hydrogens is 266 g/mol. The van der Waals surface area contributed by atoms with Crippen LogP contribution in [0.25, 0.3) is 0 Å². The maximum atomic E-state index is 11.2. The number of aromatic nitrogens is 1. The first-order chi connectivity index (χ1) is 10.1. The van der Waals surface area contributed by atoms with Crippen molar-refractivity contribution in [2.24, 2.45) is 0 Å². The average Bonchev–Trinajstić information content (AvgIpc) is 2.53. The molecule has 106 valence electrons. The van der Waals surface area contributed by atoms with Crippen molar-refractivity contribution in [2.45, 2.75) is 13.3 Å². The quantitative estimate of drug-likeness (QED) is 0.932. The fourth-order valence-electron chi connectivity index (χ4n) is 2.03. The second kappa shape index (κ2) is 6.06. The van der Waals surface area contributed by atoms with Crippen molar-refractivity contribution < 1.29 is 9.90 Å². The number of hydrogen-bond donors (Lipinski definition) is 1. The van der Waals surface area contributed by atoms with Crippen LogP contribution in [0.5, 0.6) is 0 Å². The van der Waals surface area contributed by atoms with Gasteiger partial charge in [0.15, 0.2) is 0 Å². The van der Waals surface area contributed by atoms with E-state index in [9.17, 15) is 9.90 Å². The third kappa shape index (κ3) is 3.00. The van der Waals surface area contributed by atoms with Gasteiger partial charge in [0.1, 0.15) is 11.9 Å². The minimum absolute atomic E-state index is 0.193.